The Labute approximate surface area is 134 Å². The molecule has 0 unspecified atom stereocenters. The van der Waals surface area contributed by atoms with E-state index in [0.29, 0.717) is 5.75 Å². The van der Waals surface area contributed by atoms with Gasteiger partial charge in [0, 0.05) is 17.6 Å². The Hall–Kier alpha value is -2.02. The molecule has 0 aliphatic rings. The van der Waals surface area contributed by atoms with Gasteiger partial charge in [-0.1, -0.05) is 6.07 Å². The lowest BCUT2D eigenvalue weighted by Crippen LogP contribution is -2.42. The summed E-state index contributed by atoms with van der Waals surface area (Å²) in [7, 11) is 0. The van der Waals surface area contributed by atoms with E-state index in [2.05, 4.69) is 16.9 Å². The molecule has 2 N–H and O–H groups in total. The lowest BCUT2D eigenvalue weighted by atomic mass is 10.1. The number of esters is 1. The van der Waals surface area contributed by atoms with Crippen molar-refractivity contribution in [3.05, 3.63) is 29.3 Å². The normalized spacial score (nSPS) is 9.95. The fourth-order valence-corrected chi connectivity index (χ4v) is 2.40. The molecular weight excluding hydrogens is 304 g/mol. The fourth-order valence-electron chi connectivity index (χ4n) is 1.47. The highest BCUT2D eigenvalue weighted by Gasteiger charge is 2.08. The maximum atomic E-state index is 11.5. The highest BCUT2D eigenvalue weighted by Crippen LogP contribution is 2.21. The van der Waals surface area contributed by atoms with Crippen LogP contribution in [0.4, 0.5) is 0 Å². The molecule has 0 radical (unpaired) electrons. The summed E-state index contributed by atoms with van der Waals surface area (Å²) >= 11 is 1.56. The van der Waals surface area contributed by atoms with Crippen molar-refractivity contribution in [1.29, 1.82) is 0 Å². The summed E-state index contributed by atoms with van der Waals surface area (Å²) in [4.78, 5) is 34.4. The van der Waals surface area contributed by atoms with E-state index in [0.717, 1.165) is 4.90 Å². The van der Waals surface area contributed by atoms with Gasteiger partial charge in [-0.2, -0.15) is 0 Å². The average Bonchev–Trinajstić information content (AvgIpc) is 2.46. The molecule has 1 aromatic carbocycles. The van der Waals surface area contributed by atoms with Gasteiger partial charge < -0.3 is 4.74 Å². The van der Waals surface area contributed by atoms with Gasteiger partial charge in [-0.05, 0) is 37.1 Å². The molecule has 0 aliphatic carbocycles. The van der Waals surface area contributed by atoms with Gasteiger partial charge in [0.15, 0.2) is 6.61 Å². The van der Waals surface area contributed by atoms with Gasteiger partial charge >= 0.3 is 5.97 Å². The summed E-state index contributed by atoms with van der Waals surface area (Å²) in [5, 5.41) is 0. The number of carbonyl (C=O) groups is 3. The van der Waals surface area contributed by atoms with Crippen molar-refractivity contribution in [2.45, 2.75) is 32.1 Å². The van der Waals surface area contributed by atoms with E-state index in [1.807, 2.05) is 26.0 Å². The molecule has 0 fully saturated rings. The molecule has 0 heterocycles. The van der Waals surface area contributed by atoms with Crippen LogP contribution in [0.2, 0.25) is 0 Å². The lowest BCUT2D eigenvalue weighted by molar-refractivity contribution is -0.148. The minimum atomic E-state index is -0.578. The van der Waals surface area contributed by atoms with Crippen molar-refractivity contribution >= 4 is 29.5 Å². The highest BCUT2D eigenvalue weighted by atomic mass is 32.2. The predicted molar refractivity (Wildman–Crippen MR) is 84.2 cm³/mol. The number of aryl methyl sites for hydroxylation is 2. The van der Waals surface area contributed by atoms with Crippen LogP contribution in [0.3, 0.4) is 0 Å². The molecule has 2 amide bonds. The van der Waals surface area contributed by atoms with Crippen LogP contribution in [0.25, 0.3) is 0 Å². The molecule has 0 saturated carbocycles. The molecule has 7 heteroatoms. The first-order chi connectivity index (χ1) is 10.4. The zero-order valence-corrected chi connectivity index (χ0v) is 13.7. The van der Waals surface area contributed by atoms with Gasteiger partial charge in [0.25, 0.3) is 5.91 Å². The first-order valence-electron chi connectivity index (χ1n) is 6.79. The third-order valence-corrected chi connectivity index (χ3v) is 3.79. The Morgan fingerprint density at radius 2 is 1.86 bits per heavy atom. The monoisotopic (exact) mass is 324 g/mol. The third-order valence-electron chi connectivity index (χ3n) is 2.80. The van der Waals surface area contributed by atoms with E-state index in [9.17, 15) is 14.4 Å². The molecule has 120 valence electrons. The second-order valence-corrected chi connectivity index (χ2v) is 5.90. The summed E-state index contributed by atoms with van der Waals surface area (Å²) in [6.07, 6.45) is 0.213. The van der Waals surface area contributed by atoms with Gasteiger partial charge in [-0.25, -0.2) is 0 Å². The second kappa shape index (κ2) is 9.09. The topological polar surface area (TPSA) is 84.5 Å². The van der Waals surface area contributed by atoms with Crippen molar-refractivity contribution in [1.82, 2.24) is 10.9 Å². The van der Waals surface area contributed by atoms with Gasteiger partial charge in [0.1, 0.15) is 0 Å². The van der Waals surface area contributed by atoms with E-state index in [-0.39, 0.29) is 6.42 Å². The lowest BCUT2D eigenvalue weighted by Gasteiger charge is -2.07. The summed E-state index contributed by atoms with van der Waals surface area (Å²) in [6.45, 7) is 4.94. The third kappa shape index (κ3) is 7.12. The molecule has 0 aromatic heterocycles. The summed E-state index contributed by atoms with van der Waals surface area (Å²) in [5.41, 5.74) is 6.66. The van der Waals surface area contributed by atoms with E-state index in [4.69, 9.17) is 4.74 Å². The Morgan fingerprint density at radius 1 is 1.14 bits per heavy atom. The second-order valence-electron chi connectivity index (χ2n) is 4.73. The Morgan fingerprint density at radius 3 is 2.50 bits per heavy atom. The molecule has 0 atom stereocenters. The van der Waals surface area contributed by atoms with Gasteiger partial charge in [0.2, 0.25) is 5.91 Å². The maximum Gasteiger partial charge on any atom is 0.307 e. The molecule has 6 nitrogen and oxygen atoms in total. The summed E-state index contributed by atoms with van der Waals surface area (Å²) in [5.74, 6) is -0.849. The van der Waals surface area contributed by atoms with Crippen molar-refractivity contribution in [2.75, 3.05) is 12.4 Å². The number of thioether (sulfide) groups is 1. The minimum absolute atomic E-state index is 0.213. The summed E-state index contributed by atoms with van der Waals surface area (Å²) < 4.78 is 4.80. The number of rotatable bonds is 6. The maximum absolute atomic E-state index is 11.5. The SMILES string of the molecule is CC(=O)NNC(=O)COC(=O)CCSc1ccc(C)c(C)c1. The zero-order valence-electron chi connectivity index (χ0n) is 12.9. The molecule has 1 rings (SSSR count). The molecular formula is C15H20N2O4S. The van der Waals surface area contributed by atoms with Crippen LogP contribution in [-0.4, -0.2) is 30.1 Å². The van der Waals surface area contributed by atoms with Crippen LogP contribution in [0.5, 0.6) is 0 Å². The quantitative estimate of drug-likeness (QED) is 0.470. The van der Waals surface area contributed by atoms with E-state index in [1.54, 1.807) is 11.8 Å². The van der Waals surface area contributed by atoms with E-state index < -0.39 is 24.4 Å². The molecule has 22 heavy (non-hydrogen) atoms. The van der Waals surface area contributed by atoms with E-state index in [1.165, 1.54) is 18.1 Å². The van der Waals surface area contributed by atoms with Crippen LogP contribution in [0.1, 0.15) is 24.5 Å². The highest BCUT2D eigenvalue weighted by molar-refractivity contribution is 7.99. The number of hydrogen-bond acceptors (Lipinski definition) is 5. The fraction of sp³-hybridized carbons (Fsp3) is 0.400. The van der Waals surface area contributed by atoms with Crippen LogP contribution in [0, 0.1) is 13.8 Å². The van der Waals surface area contributed by atoms with Crippen molar-refractivity contribution < 1.29 is 19.1 Å². The average molecular weight is 324 g/mol. The number of benzene rings is 1. The van der Waals surface area contributed by atoms with Gasteiger partial charge in [-0.3, -0.25) is 25.2 Å². The van der Waals surface area contributed by atoms with Crippen LogP contribution < -0.4 is 10.9 Å². The summed E-state index contributed by atoms with van der Waals surface area (Å²) in [6, 6.07) is 6.13. The van der Waals surface area contributed by atoms with Crippen LogP contribution in [0.15, 0.2) is 23.1 Å². The van der Waals surface area contributed by atoms with E-state index >= 15 is 0 Å². The molecule has 0 bridgehead atoms. The van der Waals surface area contributed by atoms with Gasteiger partial charge in [-0.15, -0.1) is 11.8 Å². The predicted octanol–water partition coefficient (Wildman–Crippen LogP) is 1.50. The minimum Gasteiger partial charge on any atom is -0.455 e. The van der Waals surface area contributed by atoms with Crippen molar-refractivity contribution in [3.63, 3.8) is 0 Å². The van der Waals surface area contributed by atoms with Crippen molar-refractivity contribution in [3.8, 4) is 0 Å². The number of ether oxygens (including phenoxy) is 1. The molecule has 0 aliphatic heterocycles. The Bertz CT molecular complexity index is 560. The van der Waals surface area contributed by atoms with Crippen molar-refractivity contribution in [2.24, 2.45) is 0 Å². The number of hydrazine groups is 1. The first kappa shape index (κ1) is 18.0. The number of carbonyl (C=O) groups excluding carboxylic acids is 3. The van der Waals surface area contributed by atoms with Crippen LogP contribution >= 0.6 is 11.8 Å². The molecule has 0 spiro atoms. The molecule has 1 aromatic rings. The standard InChI is InChI=1S/C15H20N2O4S/c1-10-4-5-13(8-11(10)2)22-7-6-15(20)21-9-14(19)17-16-12(3)18/h4-5,8H,6-7,9H2,1-3H3,(H,16,18)(H,17,19). The Balaban J connectivity index is 2.21. The Kier molecular flexibility index (Phi) is 7.45. The van der Waals surface area contributed by atoms with Crippen LogP contribution in [-0.2, 0) is 19.1 Å². The zero-order chi connectivity index (χ0) is 16.5. The largest absolute Gasteiger partial charge is 0.455 e. The van der Waals surface area contributed by atoms with Gasteiger partial charge in [0.05, 0.1) is 6.42 Å². The number of hydrogen-bond donors (Lipinski definition) is 2. The smallest absolute Gasteiger partial charge is 0.307 e. The number of amides is 2. The first-order valence-corrected chi connectivity index (χ1v) is 7.78. The number of nitrogens with one attached hydrogen (secondary N) is 2. The molecule has 0 saturated heterocycles.